The molecule has 0 aliphatic carbocycles. The number of esters is 1. The molecule has 1 aliphatic rings. The molecule has 2 aromatic carbocycles. The Morgan fingerprint density at radius 3 is 2.59 bits per heavy atom. The molecule has 46 heavy (non-hydrogen) atoms. The van der Waals surface area contributed by atoms with E-state index in [1.165, 1.54) is 36.4 Å². The smallest absolute Gasteiger partial charge is 0.343 e. The Labute approximate surface area is 262 Å². The van der Waals surface area contributed by atoms with Crippen LogP contribution in [0.4, 0.5) is 14.6 Å². The second kappa shape index (κ2) is 13.1. The van der Waals surface area contributed by atoms with Crippen molar-refractivity contribution in [3.05, 3.63) is 77.1 Å². The normalized spacial score (nSPS) is 13.2. The third-order valence-corrected chi connectivity index (χ3v) is 7.72. The van der Waals surface area contributed by atoms with Crippen molar-refractivity contribution in [1.82, 2.24) is 19.9 Å². The van der Waals surface area contributed by atoms with Crippen LogP contribution in [0.5, 0.6) is 28.9 Å². The largest absolute Gasteiger partial charge is 0.504 e. The number of nitrogens with zero attached hydrogens (tertiary/aromatic N) is 5. The summed E-state index contributed by atoms with van der Waals surface area (Å²) in [6.07, 6.45) is 1.79. The van der Waals surface area contributed by atoms with Crippen LogP contribution in [0.1, 0.15) is 28.4 Å². The van der Waals surface area contributed by atoms with Crippen LogP contribution in [0.15, 0.2) is 63.8 Å². The summed E-state index contributed by atoms with van der Waals surface area (Å²) in [5.74, 6) is -5.76. The van der Waals surface area contributed by atoms with E-state index in [4.69, 9.17) is 31.1 Å². The molecule has 238 valence electrons. The number of aromatic nitrogens is 3. The van der Waals surface area contributed by atoms with Crippen molar-refractivity contribution in [2.24, 2.45) is 10.7 Å². The standard InChI is InChI=1S/C29H26F2N8O6S/c1-3-43-28(41)17-12-37-29(38-25(17)34)46(42)15-5-7-20(16(11-15)26-35-8-9-39(26)2)44-23-18(30)13-36-27(22(23)31)45-21-10-14(24(32)33)4-6-19(21)40/h4-7,10-13,40H,3,8-9H2,1-2H3,(H3,32,33)(H2,34,37,38). The molecule has 0 spiro atoms. The van der Waals surface area contributed by atoms with E-state index < -0.39 is 45.8 Å². The van der Waals surface area contributed by atoms with E-state index in [2.05, 4.69) is 19.9 Å². The molecule has 5 rings (SSSR count). The van der Waals surface area contributed by atoms with Crippen LogP contribution in [0, 0.1) is 17.0 Å². The predicted molar refractivity (Wildman–Crippen MR) is 161 cm³/mol. The molecule has 17 heteroatoms. The zero-order chi connectivity index (χ0) is 33.1. The Morgan fingerprint density at radius 2 is 1.91 bits per heavy atom. The number of phenols is 1. The van der Waals surface area contributed by atoms with E-state index in [1.54, 1.807) is 18.9 Å². The van der Waals surface area contributed by atoms with Gasteiger partial charge in [0.05, 0.1) is 24.9 Å². The molecule has 0 radical (unpaired) electrons. The number of nitrogens with one attached hydrogen (secondary N) is 1. The summed E-state index contributed by atoms with van der Waals surface area (Å²) >= 11 is 0. The van der Waals surface area contributed by atoms with E-state index in [-0.39, 0.29) is 56.5 Å². The lowest BCUT2D eigenvalue weighted by Crippen LogP contribution is -2.24. The van der Waals surface area contributed by atoms with Gasteiger partial charge in [0.1, 0.15) is 39.6 Å². The number of benzene rings is 2. The van der Waals surface area contributed by atoms with E-state index in [0.717, 1.165) is 6.20 Å². The molecule has 0 saturated carbocycles. The van der Waals surface area contributed by atoms with Gasteiger partial charge in [0.15, 0.2) is 17.3 Å². The zero-order valence-electron chi connectivity index (χ0n) is 24.3. The van der Waals surface area contributed by atoms with Crippen molar-refractivity contribution in [3.8, 4) is 28.9 Å². The second-order valence-corrected chi connectivity index (χ2v) is 11.0. The average Bonchev–Trinajstić information content (AvgIpc) is 3.46. The number of nitrogen functional groups attached to an aromatic ring is 2. The number of phenolic OH excluding ortho intramolecular Hbond substituents is 1. The van der Waals surface area contributed by atoms with Crippen LogP contribution in [0.25, 0.3) is 0 Å². The molecule has 6 N–H and O–H groups in total. The number of aromatic hydroxyl groups is 1. The molecule has 4 aromatic rings. The first-order valence-corrected chi connectivity index (χ1v) is 14.6. The summed E-state index contributed by atoms with van der Waals surface area (Å²) in [5, 5.41) is 17.5. The molecule has 1 atom stereocenters. The topological polar surface area (TPSA) is 212 Å². The van der Waals surface area contributed by atoms with Crippen molar-refractivity contribution in [1.29, 1.82) is 5.41 Å². The van der Waals surface area contributed by atoms with Crippen LogP contribution in [0.3, 0.4) is 0 Å². The molecule has 3 heterocycles. The first-order valence-electron chi connectivity index (χ1n) is 13.5. The number of likely N-dealkylation sites (N-methyl/N-ethyl adjacent to an activating group) is 1. The van der Waals surface area contributed by atoms with Gasteiger partial charge in [-0.1, -0.05) is 0 Å². The molecule has 0 saturated heterocycles. The van der Waals surface area contributed by atoms with E-state index in [9.17, 15) is 18.5 Å². The van der Waals surface area contributed by atoms with E-state index in [0.29, 0.717) is 25.1 Å². The molecule has 0 bridgehead atoms. The fraction of sp³-hybridized carbons (Fsp3) is 0.172. The summed E-state index contributed by atoms with van der Waals surface area (Å²) < 4.78 is 60.1. The van der Waals surface area contributed by atoms with Gasteiger partial charge in [0.2, 0.25) is 16.7 Å². The first-order chi connectivity index (χ1) is 22.0. The van der Waals surface area contributed by atoms with Crippen LogP contribution in [-0.2, 0) is 15.5 Å². The van der Waals surface area contributed by atoms with Gasteiger partial charge in [-0.2, -0.15) is 4.39 Å². The van der Waals surface area contributed by atoms with Gasteiger partial charge >= 0.3 is 5.97 Å². The van der Waals surface area contributed by atoms with Crippen molar-refractivity contribution in [2.75, 3.05) is 32.5 Å². The van der Waals surface area contributed by atoms with E-state index in [1.807, 2.05) is 0 Å². The first kappa shape index (κ1) is 31.7. The maximum atomic E-state index is 15.6. The molecule has 2 aromatic heterocycles. The average molecular weight is 653 g/mol. The Morgan fingerprint density at radius 1 is 1.13 bits per heavy atom. The number of carbonyl (C=O) groups excluding carboxylic acids is 1. The number of hydrogen-bond donors (Lipinski definition) is 4. The Hall–Kier alpha value is -5.71. The number of aliphatic imine (C=N–C) groups is 1. The molecular formula is C29H26F2N8O6S. The highest BCUT2D eigenvalue weighted by molar-refractivity contribution is 7.85. The Bertz CT molecular complexity index is 1930. The van der Waals surface area contributed by atoms with Crippen molar-refractivity contribution in [2.45, 2.75) is 17.0 Å². The van der Waals surface area contributed by atoms with Gasteiger partial charge in [-0.05, 0) is 43.3 Å². The number of pyridine rings is 1. The molecule has 0 amide bonds. The summed E-state index contributed by atoms with van der Waals surface area (Å²) in [4.78, 5) is 30.1. The Kier molecular flexibility index (Phi) is 9.04. The number of hydrogen-bond acceptors (Lipinski definition) is 13. The highest BCUT2D eigenvalue weighted by atomic mass is 32.2. The van der Waals surface area contributed by atoms with Crippen LogP contribution >= 0.6 is 0 Å². The quantitative estimate of drug-likeness (QED) is 0.0841. The molecule has 14 nitrogen and oxygen atoms in total. The highest BCUT2D eigenvalue weighted by Gasteiger charge is 2.26. The molecule has 1 aliphatic heterocycles. The van der Waals surface area contributed by atoms with Gasteiger partial charge in [-0.25, -0.2) is 28.3 Å². The maximum Gasteiger partial charge on any atom is 0.343 e. The number of carbonyl (C=O) groups is 1. The lowest BCUT2D eigenvalue weighted by atomic mass is 10.1. The van der Waals surface area contributed by atoms with Crippen LogP contribution in [0.2, 0.25) is 0 Å². The van der Waals surface area contributed by atoms with Gasteiger partial charge < -0.3 is 35.7 Å². The fourth-order valence-electron chi connectivity index (χ4n) is 4.23. The summed E-state index contributed by atoms with van der Waals surface area (Å²) in [7, 11) is -0.262. The fourth-order valence-corrected chi connectivity index (χ4v) is 5.18. The second-order valence-electron chi connectivity index (χ2n) is 9.58. The lowest BCUT2D eigenvalue weighted by molar-refractivity contribution is 0.0526. The monoisotopic (exact) mass is 652 g/mol. The number of nitrogens with two attached hydrogens (primary N) is 2. The highest BCUT2D eigenvalue weighted by Crippen LogP contribution is 2.38. The number of anilines is 1. The zero-order valence-corrected chi connectivity index (χ0v) is 25.1. The number of amidine groups is 2. The third kappa shape index (κ3) is 6.39. The molecule has 0 fully saturated rings. The van der Waals surface area contributed by atoms with Crippen LogP contribution in [-0.4, -0.2) is 73.6 Å². The summed E-state index contributed by atoms with van der Waals surface area (Å²) in [5.41, 5.74) is 11.7. The maximum absolute atomic E-state index is 15.6. The number of halogens is 2. The number of rotatable bonds is 10. The van der Waals surface area contributed by atoms with Gasteiger partial charge in [-0.15, -0.1) is 0 Å². The van der Waals surface area contributed by atoms with Gasteiger partial charge in [-0.3, -0.25) is 10.4 Å². The van der Waals surface area contributed by atoms with Gasteiger partial charge in [0.25, 0.3) is 5.88 Å². The predicted octanol–water partition coefficient (Wildman–Crippen LogP) is 3.34. The summed E-state index contributed by atoms with van der Waals surface area (Å²) in [6.45, 7) is 2.70. The minimum Gasteiger partial charge on any atom is -0.504 e. The van der Waals surface area contributed by atoms with Gasteiger partial charge in [0, 0.05) is 30.2 Å². The van der Waals surface area contributed by atoms with Crippen LogP contribution < -0.4 is 20.9 Å². The number of ether oxygens (including phenoxy) is 3. The van der Waals surface area contributed by atoms with E-state index >= 15 is 4.39 Å². The SMILES string of the molecule is CCOC(=O)c1cnc(S(=O)c2ccc(Oc3c(F)cnc(Oc4cc(C(=N)N)ccc4O)c3F)c(C3=NCCN3C)c2)nc1N. The molecular weight excluding hydrogens is 626 g/mol. The Balaban J connectivity index is 1.50. The van der Waals surface area contributed by atoms with Crippen molar-refractivity contribution >= 4 is 34.3 Å². The summed E-state index contributed by atoms with van der Waals surface area (Å²) in [6, 6.07) is 7.91. The van der Waals surface area contributed by atoms with Crippen molar-refractivity contribution in [3.63, 3.8) is 0 Å². The van der Waals surface area contributed by atoms with Crippen molar-refractivity contribution < 1.29 is 37.1 Å². The minimum atomic E-state index is -2.01. The minimum absolute atomic E-state index is 0.0530. The third-order valence-electron chi connectivity index (χ3n) is 6.51. The molecule has 1 unspecified atom stereocenters. The lowest BCUT2D eigenvalue weighted by Gasteiger charge is -2.19.